The summed E-state index contributed by atoms with van der Waals surface area (Å²) in [5.41, 5.74) is 0.509. The molecule has 1 atom stereocenters. The third-order valence-corrected chi connectivity index (χ3v) is 5.16. The van der Waals surface area contributed by atoms with Crippen molar-refractivity contribution in [2.24, 2.45) is 0 Å². The summed E-state index contributed by atoms with van der Waals surface area (Å²) in [6.07, 6.45) is 22.1. The quantitative estimate of drug-likeness (QED) is 0.121. The van der Waals surface area contributed by atoms with E-state index < -0.39 is 6.10 Å². The maximum Gasteiger partial charge on any atom is 0.338 e. The zero-order valence-electron chi connectivity index (χ0n) is 20.0. The molecule has 0 radical (unpaired) electrons. The van der Waals surface area contributed by atoms with Crippen LogP contribution in [-0.4, -0.2) is 36.9 Å². The van der Waals surface area contributed by atoms with Crippen LogP contribution in [0, 0.1) is 0 Å². The Hall–Kier alpha value is -2.66. The number of benzene rings is 1. The van der Waals surface area contributed by atoms with Crippen molar-refractivity contribution in [3.05, 3.63) is 72.4 Å². The fourth-order valence-corrected chi connectivity index (χ4v) is 3.24. The van der Waals surface area contributed by atoms with Gasteiger partial charge in [-0.25, -0.2) is 4.79 Å². The van der Waals surface area contributed by atoms with Gasteiger partial charge in [0.2, 0.25) is 0 Å². The first-order valence-electron chi connectivity index (χ1n) is 12.1. The average molecular weight is 457 g/mol. The number of aliphatic hydroxyl groups excluding tert-OH is 1. The first-order chi connectivity index (χ1) is 16.2. The number of allylic oxidation sites excluding steroid dienone is 5. The van der Waals surface area contributed by atoms with Crippen LogP contribution < -0.4 is 0 Å². The fraction of sp³-hybridized carbons (Fsp3) is 0.500. The van der Waals surface area contributed by atoms with E-state index in [0.717, 1.165) is 25.7 Å². The molecule has 0 fully saturated rings. The summed E-state index contributed by atoms with van der Waals surface area (Å²) in [7, 11) is 1.37. The van der Waals surface area contributed by atoms with Gasteiger partial charge in [0.15, 0.2) is 0 Å². The molecule has 1 N–H and O–H groups in total. The van der Waals surface area contributed by atoms with Gasteiger partial charge in [0, 0.05) is 13.0 Å². The molecule has 0 aliphatic rings. The Morgan fingerprint density at radius 2 is 1.64 bits per heavy atom. The maximum absolute atomic E-state index is 12.4. The van der Waals surface area contributed by atoms with Crippen LogP contribution in [0.3, 0.4) is 0 Å². The summed E-state index contributed by atoms with van der Waals surface area (Å²) in [5.74, 6) is -0.635. The topological polar surface area (TPSA) is 72.8 Å². The summed E-state index contributed by atoms with van der Waals surface area (Å²) in [4.78, 5) is 23.7. The maximum atomic E-state index is 12.4. The molecular weight excluding hydrogens is 416 g/mol. The molecule has 0 aromatic heterocycles. The highest BCUT2D eigenvalue weighted by Gasteiger charge is 2.14. The number of rotatable bonds is 18. The second kappa shape index (κ2) is 20.0. The van der Waals surface area contributed by atoms with Gasteiger partial charge in [0.25, 0.3) is 0 Å². The van der Waals surface area contributed by atoms with Crippen molar-refractivity contribution in [3.63, 3.8) is 0 Å². The highest BCUT2D eigenvalue weighted by atomic mass is 16.5. The lowest BCUT2D eigenvalue weighted by Gasteiger charge is -2.14. The zero-order chi connectivity index (χ0) is 24.0. The van der Waals surface area contributed by atoms with Crippen molar-refractivity contribution in [3.8, 4) is 0 Å². The Labute approximate surface area is 199 Å². The number of esters is 2. The minimum absolute atomic E-state index is 0.263. The van der Waals surface area contributed by atoms with Gasteiger partial charge in [-0.2, -0.15) is 0 Å². The second-order valence-electron chi connectivity index (χ2n) is 7.93. The molecule has 182 valence electrons. The lowest BCUT2D eigenvalue weighted by Crippen LogP contribution is -2.17. The van der Waals surface area contributed by atoms with Crippen LogP contribution in [0.15, 0.2) is 66.8 Å². The van der Waals surface area contributed by atoms with Crippen LogP contribution in [0.5, 0.6) is 0 Å². The third-order valence-electron chi connectivity index (χ3n) is 5.16. The van der Waals surface area contributed by atoms with Crippen LogP contribution in [0.25, 0.3) is 0 Å². The average Bonchev–Trinajstić information content (AvgIpc) is 2.84. The van der Waals surface area contributed by atoms with Crippen molar-refractivity contribution in [2.45, 2.75) is 76.7 Å². The summed E-state index contributed by atoms with van der Waals surface area (Å²) >= 11 is 0. The van der Waals surface area contributed by atoms with Gasteiger partial charge in [-0.1, -0.05) is 74.3 Å². The largest absolute Gasteiger partial charge is 0.469 e. The van der Waals surface area contributed by atoms with E-state index in [4.69, 9.17) is 9.84 Å². The first kappa shape index (κ1) is 28.4. The van der Waals surface area contributed by atoms with E-state index in [1.54, 1.807) is 24.3 Å². The number of methoxy groups -OCH3 is 1. The molecule has 0 amide bonds. The van der Waals surface area contributed by atoms with E-state index in [-0.39, 0.29) is 11.9 Å². The highest BCUT2D eigenvalue weighted by Crippen LogP contribution is 2.12. The molecule has 0 aliphatic carbocycles. The number of hydrogen-bond acceptors (Lipinski definition) is 5. The van der Waals surface area contributed by atoms with E-state index in [1.165, 1.54) is 32.8 Å². The predicted molar refractivity (Wildman–Crippen MR) is 133 cm³/mol. The van der Waals surface area contributed by atoms with Crippen LogP contribution >= 0.6 is 0 Å². The number of carbonyl (C=O) groups is 2. The van der Waals surface area contributed by atoms with E-state index in [2.05, 4.69) is 23.0 Å². The van der Waals surface area contributed by atoms with Crippen LogP contribution in [0.4, 0.5) is 0 Å². The van der Waals surface area contributed by atoms with E-state index >= 15 is 0 Å². The molecule has 5 heteroatoms. The molecule has 0 unspecified atom stereocenters. The minimum Gasteiger partial charge on any atom is -0.469 e. The number of carbonyl (C=O) groups excluding carboxylic acids is 2. The first-order valence-corrected chi connectivity index (χ1v) is 12.1. The Bertz CT molecular complexity index is 721. The van der Waals surface area contributed by atoms with Gasteiger partial charge < -0.3 is 14.6 Å². The summed E-state index contributed by atoms with van der Waals surface area (Å²) in [6.45, 7) is 0.306. The molecule has 1 aromatic rings. The Kier molecular flexibility index (Phi) is 17.2. The van der Waals surface area contributed by atoms with Gasteiger partial charge in [0.05, 0.1) is 12.7 Å². The van der Waals surface area contributed by atoms with Crippen LogP contribution in [-0.2, 0) is 14.3 Å². The second-order valence-corrected chi connectivity index (χ2v) is 7.93. The predicted octanol–water partition coefficient (Wildman–Crippen LogP) is 6.34. The summed E-state index contributed by atoms with van der Waals surface area (Å²) in [5, 5.41) is 8.76. The molecule has 1 rings (SSSR count). The molecule has 0 bridgehead atoms. The number of hydrogen-bond donors (Lipinski definition) is 1. The lowest BCUT2D eigenvalue weighted by atomic mass is 10.1. The molecule has 5 nitrogen and oxygen atoms in total. The molecule has 0 saturated carbocycles. The molecule has 0 heterocycles. The van der Waals surface area contributed by atoms with Crippen molar-refractivity contribution in [1.29, 1.82) is 0 Å². The van der Waals surface area contributed by atoms with Gasteiger partial charge in [-0.15, -0.1) is 0 Å². The monoisotopic (exact) mass is 456 g/mol. The molecule has 1 aromatic carbocycles. The summed E-state index contributed by atoms with van der Waals surface area (Å²) in [6, 6.07) is 8.90. The third kappa shape index (κ3) is 15.7. The van der Waals surface area contributed by atoms with Crippen molar-refractivity contribution < 1.29 is 24.2 Å². The Morgan fingerprint density at radius 3 is 2.36 bits per heavy atom. The molecule has 0 saturated heterocycles. The van der Waals surface area contributed by atoms with E-state index in [9.17, 15) is 9.59 Å². The standard InChI is InChI=1S/C28H40O5/c1-32-27(30)23-18-22-26(33-28(31)25-19-14-13-15-20-25)21-16-11-9-7-5-3-2-4-6-8-10-12-17-24-29/h3,5,9,11,13-16,19-21,26,29H,2,4,6-8,10,12,17-18,22-24H2,1H3/b5-3-,11-9-,21-16+/t26-/m1/s1. The highest BCUT2D eigenvalue weighted by molar-refractivity contribution is 5.89. The smallest absolute Gasteiger partial charge is 0.338 e. The van der Waals surface area contributed by atoms with E-state index in [1.807, 2.05) is 24.3 Å². The van der Waals surface area contributed by atoms with Crippen LogP contribution in [0.1, 0.15) is 81.0 Å². The molecule has 0 aliphatic heterocycles. The number of ether oxygens (including phenoxy) is 2. The van der Waals surface area contributed by atoms with E-state index in [0.29, 0.717) is 31.4 Å². The van der Waals surface area contributed by atoms with Gasteiger partial charge >= 0.3 is 11.9 Å². The Balaban J connectivity index is 2.36. The fourth-order valence-electron chi connectivity index (χ4n) is 3.24. The number of aliphatic hydroxyl groups is 1. The van der Waals surface area contributed by atoms with Gasteiger partial charge in [-0.3, -0.25) is 4.79 Å². The SMILES string of the molecule is COC(=O)CCC[C@@H](/C=C/C=C\C/C=C\CCCCCCCCO)OC(=O)c1ccccc1. The minimum atomic E-state index is -0.403. The van der Waals surface area contributed by atoms with Crippen LogP contribution in [0.2, 0.25) is 0 Å². The van der Waals surface area contributed by atoms with Crippen molar-refractivity contribution in [2.75, 3.05) is 13.7 Å². The lowest BCUT2D eigenvalue weighted by molar-refractivity contribution is -0.140. The summed E-state index contributed by atoms with van der Waals surface area (Å²) < 4.78 is 10.3. The van der Waals surface area contributed by atoms with Gasteiger partial charge in [0.1, 0.15) is 6.10 Å². The van der Waals surface area contributed by atoms with Gasteiger partial charge in [-0.05, 0) is 56.7 Å². The van der Waals surface area contributed by atoms with Crippen molar-refractivity contribution >= 4 is 11.9 Å². The molecular formula is C28H40O5. The number of unbranched alkanes of at least 4 members (excludes halogenated alkanes) is 6. The Morgan fingerprint density at radius 1 is 0.909 bits per heavy atom. The molecule has 0 spiro atoms. The normalized spacial score (nSPS) is 12.5. The zero-order valence-corrected chi connectivity index (χ0v) is 20.0. The van der Waals surface area contributed by atoms with Crippen molar-refractivity contribution in [1.82, 2.24) is 0 Å². The molecule has 33 heavy (non-hydrogen) atoms.